The topological polar surface area (TPSA) is 6.48 Å². The summed E-state index contributed by atoms with van der Waals surface area (Å²) in [4.78, 5) is 5.13. The first-order valence-electron chi connectivity index (χ1n) is 6.89. The molecule has 0 aromatic heterocycles. The lowest BCUT2D eigenvalue weighted by atomic mass is 10.0. The van der Waals surface area contributed by atoms with Crippen molar-refractivity contribution in [3.63, 3.8) is 0 Å². The van der Waals surface area contributed by atoms with Crippen molar-refractivity contribution in [1.29, 1.82) is 0 Å². The summed E-state index contributed by atoms with van der Waals surface area (Å²) in [5, 5.41) is 1.05. The molecule has 0 bridgehead atoms. The van der Waals surface area contributed by atoms with Gasteiger partial charge in [-0.05, 0) is 12.1 Å². The molecule has 0 N–H and O–H groups in total. The van der Waals surface area contributed by atoms with Crippen molar-refractivity contribution in [3.8, 4) is 0 Å². The Kier molecular flexibility index (Phi) is 5.67. The Hall–Kier alpha value is -0.380. The van der Waals surface area contributed by atoms with Crippen molar-refractivity contribution < 1.29 is 0 Å². The third-order valence-corrected chi connectivity index (χ3v) is 4.63. The van der Waals surface area contributed by atoms with Gasteiger partial charge in [0.1, 0.15) is 0 Å². The average Bonchev–Trinajstić information content (AvgIpc) is 2.46. The van der Waals surface area contributed by atoms with Crippen molar-refractivity contribution in [2.24, 2.45) is 0 Å². The quantitative estimate of drug-likeness (QED) is 0.772. The fraction of sp³-hybridized carbons (Fsp3) is 0.600. The minimum atomic E-state index is 0.611. The Morgan fingerprint density at radius 2 is 1.67 bits per heavy atom. The highest BCUT2D eigenvalue weighted by Crippen LogP contribution is 2.20. The maximum Gasteiger partial charge on any atom is 0.0112 e. The smallest absolute Gasteiger partial charge is 0.0112 e. The van der Waals surface area contributed by atoms with Crippen molar-refractivity contribution in [2.75, 3.05) is 44.6 Å². The van der Waals surface area contributed by atoms with Gasteiger partial charge in [-0.3, -0.25) is 0 Å². The van der Waals surface area contributed by atoms with Crippen LogP contribution in [0.2, 0.25) is 0 Å². The van der Waals surface area contributed by atoms with E-state index in [0.29, 0.717) is 5.92 Å². The van der Waals surface area contributed by atoms with Gasteiger partial charge in [0.15, 0.2) is 0 Å². The molecule has 1 aromatic carbocycles. The molecule has 2 nitrogen and oxygen atoms in total. The monoisotopic (exact) mass is 310 g/mol. The predicted molar refractivity (Wildman–Crippen MR) is 81.5 cm³/mol. The lowest BCUT2D eigenvalue weighted by molar-refractivity contribution is 0.133. The standard InChI is InChI=1S/C15H23BrN2/c1-2-17-8-10-18(11-9-17)13-15(12-16)14-6-4-3-5-7-14/h3-7,15H,2,8-13H2,1H3. The van der Waals surface area contributed by atoms with Crippen molar-refractivity contribution in [3.05, 3.63) is 35.9 Å². The van der Waals surface area contributed by atoms with Gasteiger partial charge in [-0.15, -0.1) is 0 Å². The van der Waals surface area contributed by atoms with E-state index in [1.165, 1.54) is 44.8 Å². The Labute approximate surface area is 119 Å². The lowest BCUT2D eigenvalue weighted by Gasteiger charge is -2.35. The second kappa shape index (κ2) is 7.27. The number of halogens is 1. The molecule has 1 atom stereocenters. The van der Waals surface area contributed by atoms with Crippen LogP contribution in [-0.2, 0) is 0 Å². The molecule has 0 amide bonds. The molecule has 1 heterocycles. The number of rotatable bonds is 5. The normalized spacial score (nSPS) is 19.9. The molecule has 1 aliphatic heterocycles. The van der Waals surface area contributed by atoms with Gasteiger partial charge in [0.2, 0.25) is 0 Å². The van der Waals surface area contributed by atoms with E-state index in [4.69, 9.17) is 0 Å². The van der Waals surface area contributed by atoms with Crippen LogP contribution >= 0.6 is 15.9 Å². The van der Waals surface area contributed by atoms with Crippen LogP contribution in [0.5, 0.6) is 0 Å². The number of hydrogen-bond acceptors (Lipinski definition) is 2. The van der Waals surface area contributed by atoms with Crippen LogP contribution in [0.4, 0.5) is 0 Å². The van der Waals surface area contributed by atoms with Crippen LogP contribution in [-0.4, -0.2) is 54.4 Å². The van der Waals surface area contributed by atoms with E-state index in [1.807, 2.05) is 0 Å². The zero-order chi connectivity index (χ0) is 12.8. The van der Waals surface area contributed by atoms with Crippen LogP contribution in [0.1, 0.15) is 18.4 Å². The number of likely N-dealkylation sites (N-methyl/N-ethyl adjacent to an activating group) is 1. The summed E-state index contributed by atoms with van der Waals surface area (Å²) in [7, 11) is 0. The minimum Gasteiger partial charge on any atom is -0.301 e. The molecule has 1 saturated heterocycles. The fourth-order valence-corrected chi connectivity index (χ4v) is 3.15. The second-order valence-corrected chi connectivity index (χ2v) is 5.64. The van der Waals surface area contributed by atoms with E-state index >= 15 is 0 Å². The summed E-state index contributed by atoms with van der Waals surface area (Å²) < 4.78 is 0. The van der Waals surface area contributed by atoms with Crippen LogP contribution in [0.3, 0.4) is 0 Å². The molecule has 0 spiro atoms. The molecule has 1 aromatic rings. The fourth-order valence-electron chi connectivity index (χ4n) is 2.57. The van der Waals surface area contributed by atoms with E-state index < -0.39 is 0 Å². The molecule has 1 aliphatic rings. The zero-order valence-electron chi connectivity index (χ0n) is 11.2. The molecule has 100 valence electrons. The van der Waals surface area contributed by atoms with Gasteiger partial charge in [-0.1, -0.05) is 53.2 Å². The maximum absolute atomic E-state index is 3.67. The van der Waals surface area contributed by atoms with Crippen LogP contribution in [0, 0.1) is 0 Å². The molecule has 2 rings (SSSR count). The third kappa shape index (κ3) is 3.81. The van der Waals surface area contributed by atoms with E-state index in [-0.39, 0.29) is 0 Å². The maximum atomic E-state index is 3.67. The van der Waals surface area contributed by atoms with Gasteiger partial charge in [0, 0.05) is 44.0 Å². The summed E-state index contributed by atoms with van der Waals surface area (Å²) in [5.41, 5.74) is 1.45. The number of hydrogen-bond donors (Lipinski definition) is 0. The molecular weight excluding hydrogens is 288 g/mol. The predicted octanol–water partition coefficient (Wildman–Crippen LogP) is 2.80. The number of nitrogens with zero attached hydrogens (tertiary/aromatic N) is 2. The Morgan fingerprint density at radius 1 is 1.06 bits per heavy atom. The molecule has 1 unspecified atom stereocenters. The number of benzene rings is 1. The van der Waals surface area contributed by atoms with Crippen LogP contribution in [0.25, 0.3) is 0 Å². The molecule has 0 aliphatic carbocycles. The van der Waals surface area contributed by atoms with E-state index in [1.54, 1.807) is 0 Å². The second-order valence-electron chi connectivity index (χ2n) is 5.00. The van der Waals surface area contributed by atoms with Gasteiger partial charge in [-0.25, -0.2) is 0 Å². The highest BCUT2D eigenvalue weighted by atomic mass is 79.9. The summed E-state index contributed by atoms with van der Waals surface area (Å²) >= 11 is 3.67. The molecule has 1 fully saturated rings. The SMILES string of the molecule is CCN1CCN(CC(CBr)c2ccccc2)CC1. The highest BCUT2D eigenvalue weighted by molar-refractivity contribution is 9.09. The first kappa shape index (κ1) is 14.0. The molecule has 18 heavy (non-hydrogen) atoms. The number of piperazine rings is 1. The van der Waals surface area contributed by atoms with Gasteiger partial charge in [0.05, 0.1) is 0 Å². The van der Waals surface area contributed by atoms with Crippen LogP contribution < -0.4 is 0 Å². The Balaban J connectivity index is 1.88. The molecule has 3 heteroatoms. The van der Waals surface area contributed by atoms with E-state index in [0.717, 1.165) is 5.33 Å². The average molecular weight is 311 g/mol. The third-order valence-electron chi connectivity index (χ3n) is 3.85. The highest BCUT2D eigenvalue weighted by Gasteiger charge is 2.19. The van der Waals surface area contributed by atoms with Gasteiger partial charge in [-0.2, -0.15) is 0 Å². The van der Waals surface area contributed by atoms with Gasteiger partial charge < -0.3 is 9.80 Å². The first-order valence-corrected chi connectivity index (χ1v) is 8.01. The summed E-state index contributed by atoms with van der Waals surface area (Å²) in [6.07, 6.45) is 0. The lowest BCUT2D eigenvalue weighted by Crippen LogP contribution is -2.47. The largest absolute Gasteiger partial charge is 0.301 e. The van der Waals surface area contributed by atoms with E-state index in [2.05, 4.69) is 63.0 Å². The van der Waals surface area contributed by atoms with Gasteiger partial charge >= 0.3 is 0 Å². The zero-order valence-corrected chi connectivity index (χ0v) is 12.8. The summed E-state index contributed by atoms with van der Waals surface area (Å²) in [6, 6.07) is 10.9. The molecule has 0 saturated carbocycles. The Bertz CT molecular complexity index is 334. The van der Waals surface area contributed by atoms with Crippen molar-refractivity contribution >= 4 is 15.9 Å². The summed E-state index contributed by atoms with van der Waals surface area (Å²) in [6.45, 7) is 9.48. The molecular formula is C15H23BrN2. The Morgan fingerprint density at radius 3 is 2.22 bits per heavy atom. The minimum absolute atomic E-state index is 0.611. The van der Waals surface area contributed by atoms with Crippen molar-refractivity contribution in [2.45, 2.75) is 12.8 Å². The number of alkyl halides is 1. The summed E-state index contributed by atoms with van der Waals surface area (Å²) in [5.74, 6) is 0.611. The van der Waals surface area contributed by atoms with E-state index in [9.17, 15) is 0 Å². The van der Waals surface area contributed by atoms with Crippen molar-refractivity contribution in [1.82, 2.24) is 9.80 Å². The van der Waals surface area contributed by atoms with Gasteiger partial charge in [0.25, 0.3) is 0 Å². The first-order chi connectivity index (χ1) is 8.83. The molecule has 0 radical (unpaired) electrons. The van der Waals surface area contributed by atoms with Crippen LogP contribution in [0.15, 0.2) is 30.3 Å².